The summed E-state index contributed by atoms with van der Waals surface area (Å²) >= 11 is 0. The maximum Gasteiger partial charge on any atom is 0.429 e. The van der Waals surface area contributed by atoms with Gasteiger partial charge in [-0.25, -0.2) is 19.6 Å². The third-order valence-electron chi connectivity index (χ3n) is 8.87. The maximum atomic E-state index is 14.3. The molecule has 4 heterocycles. The monoisotopic (exact) mass is 598 g/mol. The third-order valence-corrected chi connectivity index (χ3v) is 8.87. The largest absolute Gasteiger partial charge is 0.497 e. The van der Waals surface area contributed by atoms with Crippen molar-refractivity contribution < 1.29 is 28.5 Å². The molecule has 2 atom stereocenters. The highest BCUT2D eigenvalue weighted by Gasteiger charge is 2.57. The first kappa shape index (κ1) is 31.4. The van der Waals surface area contributed by atoms with Crippen molar-refractivity contribution in [3.05, 3.63) is 29.3 Å². The molecule has 0 bridgehead atoms. The van der Waals surface area contributed by atoms with Gasteiger partial charge < -0.3 is 29.2 Å². The summed E-state index contributed by atoms with van der Waals surface area (Å²) in [5, 5.41) is 7.48. The zero-order valence-corrected chi connectivity index (χ0v) is 27.6. The van der Waals surface area contributed by atoms with Crippen molar-refractivity contribution in [2.75, 3.05) is 26.7 Å². The molecule has 5 rings (SSSR count). The van der Waals surface area contributed by atoms with E-state index in [9.17, 15) is 9.59 Å². The number of carbonyl (C=O) groups excluding carboxylic acids is 2. The molecule has 4 aliphatic heterocycles. The Hall–Kier alpha value is -2.98. The Labute approximate surface area is 256 Å². The molecule has 0 aliphatic carbocycles. The number of likely N-dealkylation sites (tertiary alicyclic amines) is 1. The van der Waals surface area contributed by atoms with E-state index in [1.54, 1.807) is 12.1 Å². The van der Waals surface area contributed by atoms with Gasteiger partial charge in [0.1, 0.15) is 28.3 Å². The Bertz CT molecular complexity index is 1290. The van der Waals surface area contributed by atoms with E-state index in [2.05, 4.69) is 31.1 Å². The van der Waals surface area contributed by atoms with Gasteiger partial charge in [0.05, 0.1) is 18.8 Å². The number of methoxy groups -OCH3 is 1. The first-order valence-electron chi connectivity index (χ1n) is 15.6. The molecule has 4 aliphatic rings. The molecule has 1 aromatic rings. The molecule has 1 N–H and O–H groups in total. The summed E-state index contributed by atoms with van der Waals surface area (Å²) in [4.78, 5) is 29.3. The summed E-state index contributed by atoms with van der Waals surface area (Å²) in [6, 6.07) is 5.65. The van der Waals surface area contributed by atoms with Gasteiger partial charge in [0, 0.05) is 48.2 Å². The molecular weight excluding hydrogens is 548 g/mol. The SMILES string of the molecule is COc1ccc2c(c1)OC1(CCNCC1)C1=C2N(C(=O)OC(C)(C)C)N(C2CCN(C(=O)OC(C)(C)C)C(C)(C)C2)C1C. The van der Waals surface area contributed by atoms with E-state index in [0.717, 1.165) is 42.8 Å². The molecule has 1 aromatic carbocycles. The predicted octanol–water partition coefficient (Wildman–Crippen LogP) is 5.96. The minimum Gasteiger partial charge on any atom is -0.497 e. The minimum atomic E-state index is -0.686. The molecule has 1 spiro atoms. The number of nitrogens with zero attached hydrogens (tertiary/aromatic N) is 3. The van der Waals surface area contributed by atoms with Gasteiger partial charge in [0.15, 0.2) is 0 Å². The number of hydrogen-bond acceptors (Lipinski definition) is 8. The van der Waals surface area contributed by atoms with Crippen LogP contribution in [0.2, 0.25) is 0 Å². The molecule has 10 nitrogen and oxygen atoms in total. The third kappa shape index (κ3) is 5.92. The maximum absolute atomic E-state index is 14.3. The van der Waals surface area contributed by atoms with E-state index in [0.29, 0.717) is 30.9 Å². The normalized spacial score (nSPS) is 25.2. The fourth-order valence-corrected chi connectivity index (χ4v) is 7.19. The lowest BCUT2D eigenvalue weighted by atomic mass is 9.77. The molecule has 43 heavy (non-hydrogen) atoms. The second kappa shape index (κ2) is 10.9. The van der Waals surface area contributed by atoms with E-state index in [-0.39, 0.29) is 18.2 Å². The molecule has 2 saturated heterocycles. The van der Waals surface area contributed by atoms with Gasteiger partial charge in [-0.3, -0.25) is 0 Å². The highest BCUT2D eigenvalue weighted by atomic mass is 16.6. The smallest absolute Gasteiger partial charge is 0.429 e. The summed E-state index contributed by atoms with van der Waals surface area (Å²) in [6.07, 6.45) is 2.18. The average Bonchev–Trinajstić information content (AvgIpc) is 3.20. The highest BCUT2D eigenvalue weighted by molar-refractivity contribution is 5.89. The van der Waals surface area contributed by atoms with Gasteiger partial charge in [-0.2, -0.15) is 0 Å². The number of fused-ring (bicyclic) bond motifs is 3. The molecule has 10 heteroatoms. The van der Waals surface area contributed by atoms with Crippen LogP contribution < -0.4 is 14.8 Å². The molecule has 2 amide bonds. The van der Waals surface area contributed by atoms with Crippen LogP contribution in [-0.4, -0.2) is 88.3 Å². The molecule has 0 aromatic heterocycles. The zero-order chi connectivity index (χ0) is 31.5. The molecular formula is C33H50N4O6. The van der Waals surface area contributed by atoms with Gasteiger partial charge in [-0.15, -0.1) is 0 Å². The standard InChI is InChI=1S/C33H50N4O6/c1-21-26-27(24-12-11-23(40-10)19-25(24)41-33(26)14-16-34-17-15-33)37(29(39)43-31(5,6)7)36(21)22-13-18-35(32(8,9)20-22)28(38)42-30(2,3)4/h11-12,19,21-22,34H,13-18,20H2,1-10H3. The van der Waals surface area contributed by atoms with E-state index in [1.165, 1.54) is 0 Å². The van der Waals surface area contributed by atoms with Crippen LogP contribution in [0, 0.1) is 0 Å². The van der Waals surface area contributed by atoms with Crippen LogP contribution in [0.5, 0.6) is 11.5 Å². The van der Waals surface area contributed by atoms with E-state index in [4.69, 9.17) is 18.9 Å². The van der Waals surface area contributed by atoms with Crippen LogP contribution in [0.15, 0.2) is 23.8 Å². The Morgan fingerprint density at radius 3 is 2.21 bits per heavy atom. The van der Waals surface area contributed by atoms with Gasteiger partial charge in [-0.05, 0) is 100 Å². The van der Waals surface area contributed by atoms with Crippen molar-refractivity contribution in [2.45, 2.75) is 122 Å². The molecule has 2 fully saturated rings. The lowest BCUT2D eigenvalue weighted by Gasteiger charge is -2.50. The van der Waals surface area contributed by atoms with Gasteiger partial charge >= 0.3 is 12.2 Å². The number of hydrogen-bond donors (Lipinski definition) is 1. The van der Waals surface area contributed by atoms with Crippen molar-refractivity contribution in [3.63, 3.8) is 0 Å². The number of carbonyl (C=O) groups is 2. The Balaban J connectivity index is 1.59. The summed E-state index contributed by atoms with van der Waals surface area (Å²) in [5.74, 6) is 1.41. The summed E-state index contributed by atoms with van der Waals surface area (Å²) in [5.41, 5.74) is 0.483. The molecule has 0 saturated carbocycles. The van der Waals surface area contributed by atoms with Crippen LogP contribution >= 0.6 is 0 Å². The lowest BCUT2D eigenvalue weighted by Crippen LogP contribution is -2.61. The van der Waals surface area contributed by atoms with E-state index in [1.807, 2.05) is 64.6 Å². The lowest BCUT2D eigenvalue weighted by molar-refractivity contribution is -0.0775. The summed E-state index contributed by atoms with van der Waals surface area (Å²) < 4.78 is 24.4. The minimum absolute atomic E-state index is 0.0396. The van der Waals surface area contributed by atoms with E-state index >= 15 is 0 Å². The van der Waals surface area contributed by atoms with Crippen molar-refractivity contribution in [1.82, 2.24) is 20.2 Å². The topological polar surface area (TPSA) is 92.8 Å². The second-order valence-electron chi connectivity index (χ2n) is 14.9. The highest BCUT2D eigenvalue weighted by Crippen LogP contribution is 2.54. The fourth-order valence-electron chi connectivity index (χ4n) is 7.19. The number of rotatable bonds is 2. The quantitative estimate of drug-likeness (QED) is 0.446. The summed E-state index contributed by atoms with van der Waals surface area (Å²) in [7, 11) is 1.65. The Kier molecular flexibility index (Phi) is 7.95. The number of hydrazine groups is 1. The first-order chi connectivity index (χ1) is 20.0. The first-order valence-corrected chi connectivity index (χ1v) is 15.6. The van der Waals surface area contributed by atoms with Gasteiger partial charge in [-0.1, -0.05) is 0 Å². The van der Waals surface area contributed by atoms with Crippen molar-refractivity contribution in [1.29, 1.82) is 0 Å². The molecule has 2 unspecified atom stereocenters. The predicted molar refractivity (Wildman–Crippen MR) is 165 cm³/mol. The number of amides is 2. The van der Waals surface area contributed by atoms with Crippen LogP contribution in [0.25, 0.3) is 5.70 Å². The van der Waals surface area contributed by atoms with Crippen molar-refractivity contribution in [3.8, 4) is 11.5 Å². The van der Waals surface area contributed by atoms with Crippen LogP contribution in [-0.2, 0) is 9.47 Å². The van der Waals surface area contributed by atoms with Crippen molar-refractivity contribution >= 4 is 17.9 Å². The zero-order valence-electron chi connectivity index (χ0n) is 27.6. The average molecular weight is 599 g/mol. The van der Waals surface area contributed by atoms with Crippen LogP contribution in [0.1, 0.15) is 93.6 Å². The molecule has 238 valence electrons. The Morgan fingerprint density at radius 1 is 1.00 bits per heavy atom. The Morgan fingerprint density at radius 2 is 1.63 bits per heavy atom. The van der Waals surface area contributed by atoms with Gasteiger partial charge in [0.25, 0.3) is 0 Å². The van der Waals surface area contributed by atoms with Crippen molar-refractivity contribution in [2.24, 2.45) is 0 Å². The van der Waals surface area contributed by atoms with Crippen LogP contribution in [0.3, 0.4) is 0 Å². The number of ether oxygens (including phenoxy) is 4. The van der Waals surface area contributed by atoms with Gasteiger partial charge in [0.2, 0.25) is 0 Å². The summed E-state index contributed by atoms with van der Waals surface area (Å²) in [6.45, 7) is 19.8. The second-order valence-corrected chi connectivity index (χ2v) is 14.9. The van der Waals surface area contributed by atoms with Crippen LogP contribution in [0.4, 0.5) is 9.59 Å². The fraction of sp³-hybridized carbons (Fsp3) is 0.697. The number of benzene rings is 1. The molecule has 0 radical (unpaired) electrons. The number of nitrogens with one attached hydrogen (secondary N) is 1. The van der Waals surface area contributed by atoms with E-state index < -0.39 is 28.4 Å². The number of piperidine rings is 2.